The molecule has 0 spiro atoms. The molecule has 0 aliphatic carbocycles. The number of nitrogens with one attached hydrogen (secondary N) is 1. The van der Waals surface area contributed by atoms with Gasteiger partial charge in [0.05, 0.1) is 0 Å². The Hall–Kier alpha value is -1.04. The van der Waals surface area contributed by atoms with Gasteiger partial charge >= 0.3 is 6.18 Å². The molecule has 0 heterocycles. The summed E-state index contributed by atoms with van der Waals surface area (Å²) < 4.78 is 38.9. The number of carbonyl (C=O) groups excluding carboxylic acids is 1. The van der Waals surface area contributed by atoms with E-state index >= 15 is 0 Å². The van der Waals surface area contributed by atoms with E-state index in [0.29, 0.717) is 4.47 Å². The predicted octanol–water partition coefficient (Wildman–Crippen LogP) is 3.58. The van der Waals surface area contributed by atoms with Gasteiger partial charge in [0.1, 0.15) is 0 Å². The molecule has 0 saturated heterocycles. The lowest BCUT2D eigenvalue weighted by Gasteiger charge is -2.22. The quantitative estimate of drug-likeness (QED) is 0.908. The second-order valence-corrected chi connectivity index (χ2v) is 4.37. The van der Waals surface area contributed by atoms with Crippen LogP contribution in [0.15, 0.2) is 28.7 Å². The van der Waals surface area contributed by atoms with E-state index in [1.807, 2.05) is 5.32 Å². The SMILES string of the molecule is CCC(=O)NC(c1cccc(Br)c1)C(F)(F)F. The zero-order chi connectivity index (χ0) is 13.1. The molecule has 6 heteroatoms. The lowest BCUT2D eigenvalue weighted by Crippen LogP contribution is -2.37. The van der Waals surface area contributed by atoms with Crippen molar-refractivity contribution in [2.24, 2.45) is 0 Å². The van der Waals surface area contributed by atoms with Gasteiger partial charge in [0.25, 0.3) is 0 Å². The Kier molecular flexibility index (Phi) is 4.56. The monoisotopic (exact) mass is 309 g/mol. The largest absolute Gasteiger partial charge is 0.412 e. The van der Waals surface area contributed by atoms with Crippen LogP contribution in [0.2, 0.25) is 0 Å². The van der Waals surface area contributed by atoms with E-state index in [1.54, 1.807) is 6.07 Å². The summed E-state index contributed by atoms with van der Waals surface area (Å²) in [4.78, 5) is 11.1. The Balaban J connectivity index is 3.02. The molecule has 1 aromatic carbocycles. The fourth-order valence-corrected chi connectivity index (χ4v) is 1.72. The molecule has 1 rings (SSSR count). The number of hydrogen-bond donors (Lipinski definition) is 1. The first-order chi connectivity index (χ1) is 7.84. The standard InChI is InChI=1S/C11H11BrF3NO/c1-2-9(17)16-10(11(13,14)15)7-4-3-5-8(12)6-7/h3-6,10H,2H2,1H3,(H,16,17). The minimum Gasteiger partial charge on any atom is -0.341 e. The third-order valence-electron chi connectivity index (χ3n) is 2.14. The average Bonchev–Trinajstić information content (AvgIpc) is 2.23. The summed E-state index contributed by atoms with van der Waals surface area (Å²) in [6, 6.07) is 3.83. The van der Waals surface area contributed by atoms with E-state index in [9.17, 15) is 18.0 Å². The van der Waals surface area contributed by atoms with Gasteiger partial charge in [-0.15, -0.1) is 0 Å². The molecule has 17 heavy (non-hydrogen) atoms. The summed E-state index contributed by atoms with van der Waals surface area (Å²) in [5.41, 5.74) is 0.00803. The lowest BCUT2D eigenvalue weighted by molar-refractivity contribution is -0.163. The zero-order valence-corrected chi connectivity index (χ0v) is 10.6. The van der Waals surface area contributed by atoms with Crippen LogP contribution in [-0.2, 0) is 4.79 Å². The highest BCUT2D eigenvalue weighted by atomic mass is 79.9. The van der Waals surface area contributed by atoms with Gasteiger partial charge in [-0.05, 0) is 17.7 Å². The molecule has 1 amide bonds. The lowest BCUT2D eigenvalue weighted by atomic mass is 10.1. The van der Waals surface area contributed by atoms with E-state index in [0.717, 1.165) is 0 Å². The van der Waals surface area contributed by atoms with Crippen molar-refractivity contribution in [2.45, 2.75) is 25.6 Å². The second kappa shape index (κ2) is 5.53. The van der Waals surface area contributed by atoms with Crippen molar-refractivity contribution >= 4 is 21.8 Å². The van der Waals surface area contributed by atoms with Gasteiger partial charge in [-0.3, -0.25) is 4.79 Å². The molecular weight excluding hydrogens is 299 g/mol. The van der Waals surface area contributed by atoms with Gasteiger partial charge < -0.3 is 5.32 Å². The maximum Gasteiger partial charge on any atom is 0.412 e. The van der Waals surface area contributed by atoms with Crippen LogP contribution in [0, 0.1) is 0 Å². The van der Waals surface area contributed by atoms with Crippen LogP contribution < -0.4 is 5.32 Å². The van der Waals surface area contributed by atoms with Gasteiger partial charge in [0.15, 0.2) is 6.04 Å². The Bertz CT molecular complexity index is 406. The number of benzene rings is 1. The summed E-state index contributed by atoms with van der Waals surface area (Å²) in [6.45, 7) is 1.50. The third-order valence-corrected chi connectivity index (χ3v) is 2.63. The molecule has 0 aliphatic rings. The highest BCUT2D eigenvalue weighted by Gasteiger charge is 2.41. The number of amides is 1. The van der Waals surface area contributed by atoms with Crippen molar-refractivity contribution in [3.05, 3.63) is 34.3 Å². The van der Waals surface area contributed by atoms with Crippen LogP contribution in [-0.4, -0.2) is 12.1 Å². The van der Waals surface area contributed by atoms with Crippen molar-refractivity contribution in [3.63, 3.8) is 0 Å². The molecule has 1 N–H and O–H groups in total. The molecular formula is C11H11BrF3NO. The van der Waals surface area contributed by atoms with Crippen molar-refractivity contribution in [2.75, 3.05) is 0 Å². The number of halogens is 4. The Morgan fingerprint density at radius 1 is 1.47 bits per heavy atom. The Labute approximate surface area is 105 Å². The smallest absolute Gasteiger partial charge is 0.341 e. The normalized spacial score (nSPS) is 13.2. The molecule has 0 saturated carbocycles. The molecule has 2 nitrogen and oxygen atoms in total. The van der Waals surface area contributed by atoms with E-state index in [1.165, 1.54) is 25.1 Å². The van der Waals surface area contributed by atoms with Crippen molar-refractivity contribution < 1.29 is 18.0 Å². The van der Waals surface area contributed by atoms with Gasteiger partial charge in [-0.2, -0.15) is 13.2 Å². The van der Waals surface area contributed by atoms with E-state index in [4.69, 9.17) is 0 Å². The van der Waals surface area contributed by atoms with E-state index in [-0.39, 0.29) is 12.0 Å². The van der Waals surface area contributed by atoms with Crippen LogP contribution >= 0.6 is 15.9 Å². The van der Waals surface area contributed by atoms with Gasteiger partial charge in [0, 0.05) is 10.9 Å². The van der Waals surface area contributed by atoms with Crippen LogP contribution in [0.1, 0.15) is 24.9 Å². The second-order valence-electron chi connectivity index (χ2n) is 3.45. The number of alkyl halides is 3. The Morgan fingerprint density at radius 3 is 2.59 bits per heavy atom. The zero-order valence-electron chi connectivity index (χ0n) is 9.01. The van der Waals surface area contributed by atoms with Crippen LogP contribution in [0.5, 0.6) is 0 Å². The van der Waals surface area contributed by atoms with Crippen molar-refractivity contribution in [1.29, 1.82) is 0 Å². The van der Waals surface area contributed by atoms with Crippen LogP contribution in [0.4, 0.5) is 13.2 Å². The van der Waals surface area contributed by atoms with Gasteiger partial charge in [-0.1, -0.05) is 35.0 Å². The minimum atomic E-state index is -4.51. The fourth-order valence-electron chi connectivity index (χ4n) is 1.30. The van der Waals surface area contributed by atoms with Crippen molar-refractivity contribution in [1.82, 2.24) is 5.32 Å². The van der Waals surface area contributed by atoms with Crippen molar-refractivity contribution in [3.8, 4) is 0 Å². The Morgan fingerprint density at radius 2 is 2.12 bits per heavy atom. The first-order valence-electron chi connectivity index (χ1n) is 4.96. The molecule has 1 aromatic rings. The highest BCUT2D eigenvalue weighted by molar-refractivity contribution is 9.10. The number of carbonyl (C=O) groups is 1. The van der Waals surface area contributed by atoms with Crippen LogP contribution in [0.3, 0.4) is 0 Å². The van der Waals surface area contributed by atoms with Gasteiger partial charge in [-0.25, -0.2) is 0 Å². The maximum atomic E-state index is 12.8. The van der Waals surface area contributed by atoms with Gasteiger partial charge in [0.2, 0.25) is 5.91 Å². The average molecular weight is 310 g/mol. The molecule has 0 radical (unpaired) electrons. The molecule has 94 valence electrons. The molecule has 1 unspecified atom stereocenters. The number of rotatable bonds is 3. The fraction of sp³-hybridized carbons (Fsp3) is 0.364. The molecule has 0 fully saturated rings. The van der Waals surface area contributed by atoms with Crippen LogP contribution in [0.25, 0.3) is 0 Å². The summed E-state index contributed by atoms with van der Waals surface area (Å²) in [5.74, 6) is -0.632. The highest BCUT2D eigenvalue weighted by Crippen LogP contribution is 2.33. The van der Waals surface area contributed by atoms with E-state index < -0.39 is 18.1 Å². The maximum absolute atomic E-state index is 12.8. The summed E-state index contributed by atoms with van der Waals surface area (Å²) in [6.07, 6.45) is -4.49. The third kappa shape index (κ3) is 4.03. The molecule has 0 aliphatic heterocycles. The molecule has 0 aromatic heterocycles. The first-order valence-corrected chi connectivity index (χ1v) is 5.75. The minimum absolute atomic E-state index is 0.00803. The predicted molar refractivity (Wildman–Crippen MR) is 61.4 cm³/mol. The molecule has 0 bridgehead atoms. The summed E-state index contributed by atoms with van der Waals surface area (Å²) in [5, 5.41) is 1.97. The van der Waals surface area contributed by atoms with E-state index in [2.05, 4.69) is 15.9 Å². The first kappa shape index (κ1) is 14.0. The summed E-state index contributed by atoms with van der Waals surface area (Å²) >= 11 is 3.10. The molecule has 1 atom stereocenters. The summed E-state index contributed by atoms with van der Waals surface area (Å²) in [7, 11) is 0. The number of hydrogen-bond acceptors (Lipinski definition) is 1. The topological polar surface area (TPSA) is 29.1 Å².